The second-order valence-electron chi connectivity index (χ2n) is 5.45. The maximum Gasteiger partial charge on any atom is 0.335 e. The summed E-state index contributed by atoms with van der Waals surface area (Å²) in [6.07, 6.45) is 0. The highest BCUT2D eigenvalue weighted by molar-refractivity contribution is 6.06. The molecule has 2 aromatic rings. The van der Waals surface area contributed by atoms with Gasteiger partial charge in [-0.3, -0.25) is 4.79 Å². The van der Waals surface area contributed by atoms with Gasteiger partial charge in [0.25, 0.3) is 5.91 Å². The molecular formula is C16H18N2O4. The maximum absolute atomic E-state index is 12.4. The topological polar surface area (TPSA) is 92.4 Å². The molecule has 0 spiro atoms. The zero-order valence-electron chi connectivity index (χ0n) is 12.9. The number of carbonyl (C=O) groups is 2. The van der Waals surface area contributed by atoms with Crippen LogP contribution in [0.1, 0.15) is 57.5 Å². The van der Waals surface area contributed by atoms with Crippen molar-refractivity contribution < 1.29 is 19.2 Å². The monoisotopic (exact) mass is 302 g/mol. The van der Waals surface area contributed by atoms with E-state index in [0.29, 0.717) is 28.3 Å². The summed E-state index contributed by atoms with van der Waals surface area (Å²) < 4.78 is 5.20. The van der Waals surface area contributed by atoms with Crippen LogP contribution >= 0.6 is 0 Å². The number of amides is 1. The minimum absolute atomic E-state index is 0.0399. The van der Waals surface area contributed by atoms with Crippen molar-refractivity contribution in [1.29, 1.82) is 0 Å². The second-order valence-corrected chi connectivity index (χ2v) is 5.45. The van der Waals surface area contributed by atoms with Crippen molar-refractivity contribution in [3.05, 3.63) is 46.3 Å². The third kappa shape index (κ3) is 3.00. The third-order valence-electron chi connectivity index (χ3n) is 3.36. The summed E-state index contributed by atoms with van der Waals surface area (Å²) in [6.45, 7) is 7.23. The number of aromatic carboxylic acids is 1. The maximum atomic E-state index is 12.4. The number of carboxylic acids is 1. The molecule has 0 saturated carbocycles. The normalized spacial score (nSPS) is 10.8. The predicted octanol–water partition coefficient (Wildman–Crippen LogP) is 3.37. The average Bonchev–Trinajstić information content (AvgIpc) is 2.80. The van der Waals surface area contributed by atoms with Gasteiger partial charge in [-0.15, -0.1) is 0 Å². The van der Waals surface area contributed by atoms with Gasteiger partial charge in [-0.05, 0) is 37.6 Å². The van der Waals surface area contributed by atoms with E-state index in [-0.39, 0.29) is 17.4 Å². The van der Waals surface area contributed by atoms with Crippen LogP contribution in [-0.4, -0.2) is 22.1 Å². The Kier molecular flexibility index (Phi) is 4.30. The Hall–Kier alpha value is -2.63. The molecule has 0 fully saturated rings. The fraction of sp³-hybridized carbons (Fsp3) is 0.312. The van der Waals surface area contributed by atoms with Gasteiger partial charge in [0.05, 0.1) is 11.3 Å². The van der Waals surface area contributed by atoms with E-state index in [2.05, 4.69) is 10.5 Å². The summed E-state index contributed by atoms with van der Waals surface area (Å²) in [7, 11) is 0. The van der Waals surface area contributed by atoms with E-state index < -0.39 is 5.97 Å². The lowest BCUT2D eigenvalue weighted by atomic mass is 10.0. The number of aryl methyl sites for hydroxylation is 2. The molecule has 6 heteroatoms. The molecule has 2 rings (SSSR count). The molecule has 0 aliphatic carbocycles. The lowest BCUT2D eigenvalue weighted by molar-refractivity contribution is 0.0696. The van der Waals surface area contributed by atoms with Crippen LogP contribution < -0.4 is 5.32 Å². The zero-order chi connectivity index (χ0) is 16.4. The van der Waals surface area contributed by atoms with Gasteiger partial charge >= 0.3 is 5.97 Å². The van der Waals surface area contributed by atoms with Crippen LogP contribution in [0.25, 0.3) is 0 Å². The average molecular weight is 302 g/mol. The summed E-state index contributed by atoms with van der Waals surface area (Å²) in [5, 5.41) is 15.6. The minimum atomic E-state index is -0.993. The van der Waals surface area contributed by atoms with Crippen molar-refractivity contribution >= 4 is 17.6 Å². The molecule has 0 aliphatic rings. The molecule has 0 bridgehead atoms. The molecule has 1 amide bonds. The summed E-state index contributed by atoms with van der Waals surface area (Å²) in [4.78, 5) is 23.4. The SMILES string of the molecule is Cc1cc(NC(=O)c2c(C)noc2C(C)C)ccc1C(=O)O. The van der Waals surface area contributed by atoms with Crippen molar-refractivity contribution in [1.82, 2.24) is 5.16 Å². The van der Waals surface area contributed by atoms with E-state index in [0.717, 1.165) is 0 Å². The van der Waals surface area contributed by atoms with Crippen LogP contribution in [0.2, 0.25) is 0 Å². The van der Waals surface area contributed by atoms with Gasteiger partial charge in [0, 0.05) is 11.6 Å². The highest BCUT2D eigenvalue weighted by Crippen LogP contribution is 2.24. The van der Waals surface area contributed by atoms with Gasteiger partial charge in [-0.2, -0.15) is 0 Å². The van der Waals surface area contributed by atoms with Crippen LogP contribution in [0.4, 0.5) is 5.69 Å². The van der Waals surface area contributed by atoms with Gasteiger partial charge < -0.3 is 14.9 Å². The number of benzene rings is 1. The van der Waals surface area contributed by atoms with Gasteiger partial charge in [-0.1, -0.05) is 19.0 Å². The number of hydrogen-bond acceptors (Lipinski definition) is 4. The number of carboxylic acid groups (broad SMARTS) is 1. The smallest absolute Gasteiger partial charge is 0.335 e. The molecule has 0 aliphatic heterocycles. The Labute approximate surface area is 128 Å². The summed E-state index contributed by atoms with van der Waals surface area (Å²) in [5.41, 5.74) is 2.27. The number of carbonyl (C=O) groups excluding carboxylic acids is 1. The van der Waals surface area contributed by atoms with Crippen molar-refractivity contribution in [2.24, 2.45) is 0 Å². The molecule has 6 nitrogen and oxygen atoms in total. The molecule has 1 aromatic carbocycles. The number of anilines is 1. The third-order valence-corrected chi connectivity index (χ3v) is 3.36. The highest BCUT2D eigenvalue weighted by Gasteiger charge is 2.22. The first kappa shape index (κ1) is 15.8. The van der Waals surface area contributed by atoms with Crippen molar-refractivity contribution in [2.75, 3.05) is 5.32 Å². The van der Waals surface area contributed by atoms with Crippen LogP contribution in [0, 0.1) is 13.8 Å². The molecule has 0 atom stereocenters. The van der Waals surface area contributed by atoms with E-state index in [4.69, 9.17) is 9.63 Å². The van der Waals surface area contributed by atoms with E-state index >= 15 is 0 Å². The number of nitrogens with zero attached hydrogens (tertiary/aromatic N) is 1. The minimum Gasteiger partial charge on any atom is -0.478 e. The van der Waals surface area contributed by atoms with Crippen molar-refractivity contribution in [3.63, 3.8) is 0 Å². The first-order valence-corrected chi connectivity index (χ1v) is 6.92. The summed E-state index contributed by atoms with van der Waals surface area (Å²) in [5.74, 6) is -0.732. The number of rotatable bonds is 4. The zero-order valence-corrected chi connectivity index (χ0v) is 12.9. The molecule has 0 saturated heterocycles. The van der Waals surface area contributed by atoms with Gasteiger partial charge in [-0.25, -0.2) is 4.79 Å². The Morgan fingerprint density at radius 3 is 2.50 bits per heavy atom. The largest absolute Gasteiger partial charge is 0.478 e. The number of hydrogen-bond donors (Lipinski definition) is 2. The number of aromatic nitrogens is 1. The Morgan fingerprint density at radius 2 is 1.95 bits per heavy atom. The predicted molar refractivity (Wildman–Crippen MR) is 81.4 cm³/mol. The molecule has 22 heavy (non-hydrogen) atoms. The summed E-state index contributed by atoms with van der Waals surface area (Å²) in [6, 6.07) is 4.66. The van der Waals surface area contributed by atoms with Crippen molar-refractivity contribution in [2.45, 2.75) is 33.6 Å². The van der Waals surface area contributed by atoms with E-state index in [1.807, 2.05) is 13.8 Å². The van der Waals surface area contributed by atoms with Crippen molar-refractivity contribution in [3.8, 4) is 0 Å². The second kappa shape index (κ2) is 6.01. The van der Waals surface area contributed by atoms with Crippen LogP contribution in [0.3, 0.4) is 0 Å². The molecule has 116 valence electrons. The molecule has 1 heterocycles. The fourth-order valence-corrected chi connectivity index (χ4v) is 2.23. The Balaban J connectivity index is 2.28. The first-order chi connectivity index (χ1) is 10.3. The molecule has 2 N–H and O–H groups in total. The summed E-state index contributed by atoms with van der Waals surface area (Å²) >= 11 is 0. The molecule has 1 aromatic heterocycles. The van der Waals surface area contributed by atoms with Crippen LogP contribution in [-0.2, 0) is 0 Å². The van der Waals surface area contributed by atoms with E-state index in [1.165, 1.54) is 6.07 Å². The lowest BCUT2D eigenvalue weighted by Gasteiger charge is -2.09. The standard InChI is InChI=1S/C16H18N2O4/c1-8(2)14-13(10(4)18-22-14)15(19)17-11-5-6-12(16(20)21)9(3)7-11/h5-8H,1-4H3,(H,17,19)(H,20,21). The first-order valence-electron chi connectivity index (χ1n) is 6.92. The molecular weight excluding hydrogens is 284 g/mol. The highest BCUT2D eigenvalue weighted by atomic mass is 16.5. The van der Waals surface area contributed by atoms with Crippen LogP contribution in [0.15, 0.2) is 22.7 Å². The number of nitrogens with one attached hydrogen (secondary N) is 1. The van der Waals surface area contributed by atoms with Crippen LogP contribution in [0.5, 0.6) is 0 Å². The fourth-order valence-electron chi connectivity index (χ4n) is 2.23. The van der Waals surface area contributed by atoms with Gasteiger partial charge in [0.1, 0.15) is 5.56 Å². The van der Waals surface area contributed by atoms with E-state index in [1.54, 1.807) is 26.0 Å². The lowest BCUT2D eigenvalue weighted by Crippen LogP contribution is -2.15. The quantitative estimate of drug-likeness (QED) is 0.903. The molecule has 0 unspecified atom stereocenters. The Morgan fingerprint density at radius 1 is 1.27 bits per heavy atom. The molecule has 0 radical (unpaired) electrons. The Bertz CT molecular complexity index is 732. The van der Waals surface area contributed by atoms with E-state index in [9.17, 15) is 9.59 Å². The van der Waals surface area contributed by atoms with Gasteiger partial charge in [0.2, 0.25) is 0 Å². The van der Waals surface area contributed by atoms with Gasteiger partial charge in [0.15, 0.2) is 5.76 Å².